The molecule has 0 saturated carbocycles. The van der Waals surface area contributed by atoms with Crippen molar-refractivity contribution in [1.82, 2.24) is 13.9 Å². The Morgan fingerprint density at radius 2 is 2.00 bits per heavy atom. The maximum atomic E-state index is 12.6. The lowest BCUT2D eigenvalue weighted by molar-refractivity contribution is 0.277. The van der Waals surface area contributed by atoms with Gasteiger partial charge < -0.3 is 5.32 Å². The van der Waals surface area contributed by atoms with E-state index in [2.05, 4.69) is 5.32 Å². The highest BCUT2D eigenvalue weighted by Crippen LogP contribution is 2.20. The average Bonchev–Trinajstić information content (AvgIpc) is 2.94. The first kappa shape index (κ1) is 15.2. The number of hydrogen-bond acceptors (Lipinski definition) is 3. The Balaban J connectivity index is 2.00. The average molecular weight is 289 g/mol. The first-order valence-corrected chi connectivity index (χ1v) is 9.00. The molecule has 19 heavy (non-hydrogen) atoms. The summed E-state index contributed by atoms with van der Waals surface area (Å²) in [4.78, 5) is 0. The molecule has 0 aromatic carbocycles. The van der Waals surface area contributed by atoms with Gasteiger partial charge in [-0.3, -0.25) is 0 Å². The van der Waals surface area contributed by atoms with Crippen LogP contribution < -0.4 is 5.32 Å². The second-order valence-electron chi connectivity index (χ2n) is 5.68. The lowest BCUT2D eigenvalue weighted by Crippen LogP contribution is -2.47. The van der Waals surface area contributed by atoms with Gasteiger partial charge in [-0.15, -0.1) is 0 Å². The largest absolute Gasteiger partial charge is 0.316 e. The maximum Gasteiger partial charge on any atom is 0.281 e. The lowest BCUT2D eigenvalue weighted by atomic mass is 10.00. The quantitative estimate of drug-likeness (QED) is 0.795. The third-order valence-electron chi connectivity index (χ3n) is 4.05. The molecule has 1 N–H and O–H groups in total. The second-order valence-corrected chi connectivity index (χ2v) is 7.61. The Bertz CT molecular complexity index is 360. The van der Waals surface area contributed by atoms with Gasteiger partial charge in [0.05, 0.1) is 0 Å². The molecule has 0 bridgehead atoms. The minimum atomic E-state index is -3.22. The van der Waals surface area contributed by atoms with Crippen LogP contribution in [0.1, 0.15) is 39.0 Å². The molecule has 0 aliphatic carbocycles. The van der Waals surface area contributed by atoms with Crippen LogP contribution in [0.25, 0.3) is 0 Å². The molecule has 0 aromatic rings. The first-order chi connectivity index (χ1) is 9.14. The topological polar surface area (TPSA) is 52.7 Å². The van der Waals surface area contributed by atoms with Gasteiger partial charge in [0.2, 0.25) is 0 Å². The summed E-state index contributed by atoms with van der Waals surface area (Å²) in [6.07, 6.45) is 5.19. The van der Waals surface area contributed by atoms with Crippen molar-refractivity contribution in [3.05, 3.63) is 0 Å². The van der Waals surface area contributed by atoms with Crippen molar-refractivity contribution in [3.63, 3.8) is 0 Å². The third kappa shape index (κ3) is 3.90. The Kier molecular flexibility index (Phi) is 5.62. The fraction of sp³-hybridized carbons (Fsp3) is 1.00. The molecule has 2 saturated heterocycles. The summed E-state index contributed by atoms with van der Waals surface area (Å²) in [6, 6.07) is 0. The minimum absolute atomic E-state index is 0.470. The molecule has 2 heterocycles. The highest BCUT2D eigenvalue weighted by atomic mass is 32.2. The van der Waals surface area contributed by atoms with Crippen molar-refractivity contribution in [3.8, 4) is 0 Å². The van der Waals surface area contributed by atoms with Gasteiger partial charge in [0.15, 0.2) is 0 Å². The van der Waals surface area contributed by atoms with E-state index in [1.165, 1.54) is 0 Å². The predicted octanol–water partition coefficient (Wildman–Crippen LogP) is 1.04. The van der Waals surface area contributed by atoms with Gasteiger partial charge in [-0.25, -0.2) is 0 Å². The number of nitrogens with zero attached hydrogens (tertiary/aromatic N) is 2. The summed E-state index contributed by atoms with van der Waals surface area (Å²) in [5, 5.41) is 3.37. The summed E-state index contributed by atoms with van der Waals surface area (Å²) in [6.45, 7) is 6.80. The Labute approximate surface area is 117 Å². The summed E-state index contributed by atoms with van der Waals surface area (Å²) in [7, 11) is -3.22. The molecular formula is C13H27N3O2S. The Morgan fingerprint density at radius 1 is 1.26 bits per heavy atom. The molecule has 0 amide bonds. The molecule has 2 aliphatic rings. The molecule has 1 unspecified atom stereocenters. The van der Waals surface area contributed by atoms with Crippen molar-refractivity contribution in [2.45, 2.75) is 39.0 Å². The van der Waals surface area contributed by atoms with E-state index in [9.17, 15) is 8.42 Å². The third-order valence-corrected chi connectivity index (χ3v) is 6.05. The predicted molar refractivity (Wildman–Crippen MR) is 77.2 cm³/mol. The lowest BCUT2D eigenvalue weighted by Gasteiger charge is -2.32. The Morgan fingerprint density at radius 3 is 2.58 bits per heavy atom. The SMILES string of the molecule is CCCN(CC1CCCNC1)S(=O)(=O)N1CCCC1. The van der Waals surface area contributed by atoms with Crippen LogP contribution in [0.3, 0.4) is 0 Å². The van der Waals surface area contributed by atoms with Gasteiger partial charge >= 0.3 is 0 Å². The second kappa shape index (κ2) is 7.02. The van der Waals surface area contributed by atoms with E-state index < -0.39 is 10.2 Å². The first-order valence-electron chi connectivity index (χ1n) is 7.60. The minimum Gasteiger partial charge on any atom is -0.316 e. The van der Waals surface area contributed by atoms with Crippen LogP contribution in [-0.2, 0) is 10.2 Å². The number of rotatable bonds is 6. The van der Waals surface area contributed by atoms with Crippen LogP contribution in [0.5, 0.6) is 0 Å². The van der Waals surface area contributed by atoms with Gasteiger partial charge in [0, 0.05) is 26.2 Å². The van der Waals surface area contributed by atoms with Crippen molar-refractivity contribution >= 4 is 10.2 Å². The van der Waals surface area contributed by atoms with E-state index in [1.54, 1.807) is 8.61 Å². The molecule has 0 radical (unpaired) electrons. The molecule has 6 heteroatoms. The van der Waals surface area contributed by atoms with Crippen LogP contribution in [0, 0.1) is 5.92 Å². The van der Waals surface area contributed by atoms with Crippen LogP contribution in [0.2, 0.25) is 0 Å². The zero-order valence-corrected chi connectivity index (χ0v) is 12.8. The summed E-state index contributed by atoms with van der Waals surface area (Å²) < 4.78 is 28.6. The van der Waals surface area contributed by atoms with E-state index in [0.717, 1.165) is 45.2 Å². The normalized spacial score (nSPS) is 26.1. The van der Waals surface area contributed by atoms with Crippen LogP contribution in [0.4, 0.5) is 0 Å². The van der Waals surface area contributed by atoms with Gasteiger partial charge in [-0.1, -0.05) is 6.92 Å². The smallest absolute Gasteiger partial charge is 0.281 e. The summed E-state index contributed by atoms with van der Waals surface area (Å²) in [5.41, 5.74) is 0. The molecule has 2 rings (SSSR count). The van der Waals surface area contributed by atoms with Gasteiger partial charge in [-0.05, 0) is 51.1 Å². The number of nitrogens with one attached hydrogen (secondary N) is 1. The van der Waals surface area contributed by atoms with E-state index >= 15 is 0 Å². The van der Waals surface area contributed by atoms with Crippen LogP contribution in [-0.4, -0.2) is 56.3 Å². The van der Waals surface area contributed by atoms with Crippen LogP contribution in [0.15, 0.2) is 0 Å². The van der Waals surface area contributed by atoms with Crippen molar-refractivity contribution < 1.29 is 8.42 Å². The van der Waals surface area contributed by atoms with E-state index in [1.807, 2.05) is 6.92 Å². The van der Waals surface area contributed by atoms with Crippen molar-refractivity contribution in [2.24, 2.45) is 5.92 Å². The molecule has 0 spiro atoms. The number of piperidine rings is 1. The highest BCUT2D eigenvalue weighted by Gasteiger charge is 2.32. The summed E-state index contributed by atoms with van der Waals surface area (Å²) in [5.74, 6) is 0.470. The molecular weight excluding hydrogens is 262 g/mol. The molecule has 1 atom stereocenters. The molecule has 0 aromatic heterocycles. The highest BCUT2D eigenvalue weighted by molar-refractivity contribution is 7.86. The molecule has 2 fully saturated rings. The van der Waals surface area contributed by atoms with Crippen molar-refractivity contribution in [2.75, 3.05) is 39.3 Å². The van der Waals surface area contributed by atoms with E-state index in [0.29, 0.717) is 32.1 Å². The molecule has 112 valence electrons. The monoisotopic (exact) mass is 289 g/mol. The maximum absolute atomic E-state index is 12.6. The fourth-order valence-electron chi connectivity index (χ4n) is 3.00. The number of hydrogen-bond donors (Lipinski definition) is 1. The van der Waals surface area contributed by atoms with Gasteiger partial charge in [0.25, 0.3) is 10.2 Å². The van der Waals surface area contributed by atoms with Crippen LogP contribution >= 0.6 is 0 Å². The van der Waals surface area contributed by atoms with Gasteiger partial charge in [0.1, 0.15) is 0 Å². The summed E-state index contributed by atoms with van der Waals surface area (Å²) >= 11 is 0. The van der Waals surface area contributed by atoms with E-state index in [4.69, 9.17) is 0 Å². The van der Waals surface area contributed by atoms with E-state index in [-0.39, 0.29) is 0 Å². The zero-order valence-electron chi connectivity index (χ0n) is 12.0. The molecule has 5 nitrogen and oxygen atoms in total. The molecule has 2 aliphatic heterocycles. The fourth-order valence-corrected chi connectivity index (χ4v) is 4.86. The zero-order chi connectivity index (χ0) is 13.7. The van der Waals surface area contributed by atoms with Crippen molar-refractivity contribution in [1.29, 1.82) is 0 Å². The Hall–Kier alpha value is -0.170. The van der Waals surface area contributed by atoms with Gasteiger partial charge in [-0.2, -0.15) is 17.0 Å². The standard InChI is InChI=1S/C13H27N3O2S/c1-2-8-16(12-13-6-5-7-14-11-13)19(17,18)15-9-3-4-10-15/h13-14H,2-12H2,1H3.